The molecule has 0 aromatic heterocycles. The highest BCUT2D eigenvalue weighted by Gasteiger charge is 2.04. The van der Waals surface area contributed by atoms with E-state index in [-0.39, 0.29) is 5.69 Å². The van der Waals surface area contributed by atoms with Crippen molar-refractivity contribution in [1.29, 1.82) is 0 Å². The van der Waals surface area contributed by atoms with Crippen molar-refractivity contribution in [3.8, 4) is 0 Å². The van der Waals surface area contributed by atoms with Gasteiger partial charge in [0.15, 0.2) is 0 Å². The normalized spacial score (nSPS) is 9.73. The highest BCUT2D eigenvalue weighted by molar-refractivity contribution is 6.30. The van der Waals surface area contributed by atoms with Crippen LogP contribution >= 0.6 is 11.6 Å². The van der Waals surface area contributed by atoms with E-state index < -0.39 is 16.9 Å². The lowest BCUT2D eigenvalue weighted by Gasteiger charge is -2.05. The van der Waals surface area contributed by atoms with E-state index in [2.05, 4.69) is 5.32 Å². The van der Waals surface area contributed by atoms with Gasteiger partial charge in [-0.05, 0) is 36.2 Å². The van der Waals surface area contributed by atoms with Gasteiger partial charge in [0.25, 0.3) is 5.69 Å². The minimum absolute atomic E-state index is 0.120. The van der Waals surface area contributed by atoms with E-state index in [4.69, 9.17) is 31.4 Å². The summed E-state index contributed by atoms with van der Waals surface area (Å²) < 4.78 is 0. The van der Waals surface area contributed by atoms with E-state index in [1.54, 1.807) is 12.1 Å². The van der Waals surface area contributed by atoms with Gasteiger partial charge in [-0.2, -0.15) is 0 Å². The van der Waals surface area contributed by atoms with Crippen LogP contribution in [0, 0.1) is 10.1 Å². The average Bonchev–Trinajstić information content (AvgIpc) is 2.61. The number of carbonyl (C=O) groups is 2. The van der Waals surface area contributed by atoms with Crippen LogP contribution in [0.2, 0.25) is 5.02 Å². The second-order valence-corrected chi connectivity index (χ2v) is 5.52. The standard InChI is InChI=1S/C15H15ClN2O2.C2H2O4/c16-14-5-1-12(2-6-14)9-10-17-11-13-3-7-15(8-4-13)18(19)20;3-1(4)2(5)6/h1-8,17H,9-11H2;(H,3,4)(H,5,6). The molecule has 2 rings (SSSR count). The predicted molar refractivity (Wildman–Crippen MR) is 95.2 cm³/mol. The Hall–Kier alpha value is -2.97. The molecular formula is C17H17ClN2O6. The number of hydrogen-bond acceptors (Lipinski definition) is 5. The molecule has 0 aliphatic rings. The number of hydrogen-bond donors (Lipinski definition) is 3. The zero-order valence-electron chi connectivity index (χ0n) is 13.6. The zero-order chi connectivity index (χ0) is 19.5. The molecule has 0 atom stereocenters. The van der Waals surface area contributed by atoms with E-state index >= 15 is 0 Å². The SMILES string of the molecule is O=C(O)C(=O)O.O=[N+]([O-])c1ccc(CNCCc2ccc(Cl)cc2)cc1. The van der Waals surface area contributed by atoms with Gasteiger partial charge in [0.2, 0.25) is 0 Å². The van der Waals surface area contributed by atoms with E-state index in [0.29, 0.717) is 6.54 Å². The molecule has 3 N–H and O–H groups in total. The Balaban J connectivity index is 0.000000487. The Morgan fingerprint density at radius 3 is 1.92 bits per heavy atom. The van der Waals surface area contributed by atoms with Crippen molar-refractivity contribution in [2.75, 3.05) is 6.54 Å². The first-order valence-electron chi connectivity index (χ1n) is 7.44. The van der Waals surface area contributed by atoms with Crippen LogP contribution in [0.15, 0.2) is 48.5 Å². The molecule has 2 aromatic carbocycles. The van der Waals surface area contributed by atoms with E-state index in [0.717, 1.165) is 23.6 Å². The van der Waals surface area contributed by atoms with Gasteiger partial charge in [0, 0.05) is 23.7 Å². The maximum absolute atomic E-state index is 10.5. The van der Waals surface area contributed by atoms with Crippen LogP contribution in [0.5, 0.6) is 0 Å². The molecule has 8 nitrogen and oxygen atoms in total. The lowest BCUT2D eigenvalue weighted by atomic mass is 10.1. The molecule has 26 heavy (non-hydrogen) atoms. The number of non-ortho nitro benzene ring substituents is 1. The monoisotopic (exact) mass is 380 g/mol. The van der Waals surface area contributed by atoms with E-state index in [1.807, 2.05) is 24.3 Å². The Morgan fingerprint density at radius 1 is 0.962 bits per heavy atom. The van der Waals surface area contributed by atoms with Crippen molar-refractivity contribution in [2.45, 2.75) is 13.0 Å². The fourth-order valence-corrected chi connectivity index (χ4v) is 1.98. The Bertz CT molecular complexity index is 735. The van der Waals surface area contributed by atoms with Crippen LogP contribution in [0.1, 0.15) is 11.1 Å². The van der Waals surface area contributed by atoms with Crippen LogP contribution in [0.3, 0.4) is 0 Å². The summed E-state index contributed by atoms with van der Waals surface area (Å²) in [5.41, 5.74) is 2.38. The average molecular weight is 381 g/mol. The summed E-state index contributed by atoms with van der Waals surface area (Å²) in [5.74, 6) is -3.65. The molecule has 0 unspecified atom stereocenters. The minimum atomic E-state index is -1.82. The molecule has 9 heteroatoms. The molecule has 0 saturated heterocycles. The number of benzene rings is 2. The van der Waals surface area contributed by atoms with E-state index in [1.165, 1.54) is 17.7 Å². The number of halogens is 1. The quantitative estimate of drug-likeness (QED) is 0.304. The third kappa shape index (κ3) is 8.22. The van der Waals surface area contributed by atoms with Crippen molar-refractivity contribution in [3.63, 3.8) is 0 Å². The second-order valence-electron chi connectivity index (χ2n) is 5.09. The van der Waals surface area contributed by atoms with Crippen LogP contribution in [-0.4, -0.2) is 33.6 Å². The van der Waals surface area contributed by atoms with Gasteiger partial charge in [-0.3, -0.25) is 10.1 Å². The molecule has 138 valence electrons. The highest BCUT2D eigenvalue weighted by atomic mass is 35.5. The third-order valence-corrected chi connectivity index (χ3v) is 3.41. The molecule has 0 spiro atoms. The van der Waals surface area contributed by atoms with Gasteiger partial charge in [-0.1, -0.05) is 35.9 Å². The van der Waals surface area contributed by atoms with Gasteiger partial charge >= 0.3 is 11.9 Å². The number of nitrogens with one attached hydrogen (secondary N) is 1. The van der Waals surface area contributed by atoms with E-state index in [9.17, 15) is 10.1 Å². The summed E-state index contributed by atoms with van der Waals surface area (Å²) >= 11 is 5.82. The number of rotatable bonds is 6. The summed E-state index contributed by atoms with van der Waals surface area (Å²) in [6.07, 6.45) is 0.921. The highest BCUT2D eigenvalue weighted by Crippen LogP contribution is 2.12. The van der Waals surface area contributed by atoms with Gasteiger partial charge in [-0.15, -0.1) is 0 Å². The Morgan fingerprint density at radius 2 is 1.46 bits per heavy atom. The fraction of sp³-hybridized carbons (Fsp3) is 0.176. The summed E-state index contributed by atoms with van der Waals surface area (Å²) in [4.78, 5) is 28.3. The molecule has 0 bridgehead atoms. The Kier molecular flexibility index (Phi) is 8.76. The Labute approximate surface area is 154 Å². The van der Waals surface area contributed by atoms with Crippen molar-refractivity contribution in [2.24, 2.45) is 0 Å². The van der Waals surface area contributed by atoms with Gasteiger partial charge < -0.3 is 15.5 Å². The topological polar surface area (TPSA) is 130 Å². The third-order valence-electron chi connectivity index (χ3n) is 3.16. The summed E-state index contributed by atoms with van der Waals surface area (Å²) in [6, 6.07) is 14.4. The maximum atomic E-state index is 10.5. The molecule has 0 heterocycles. The molecule has 0 saturated carbocycles. The number of carboxylic acids is 2. The van der Waals surface area contributed by atoms with Gasteiger partial charge in [0.05, 0.1) is 4.92 Å². The van der Waals surface area contributed by atoms with Gasteiger partial charge in [-0.25, -0.2) is 9.59 Å². The summed E-state index contributed by atoms with van der Waals surface area (Å²) in [6.45, 7) is 1.55. The van der Waals surface area contributed by atoms with Crippen molar-refractivity contribution < 1.29 is 24.7 Å². The maximum Gasteiger partial charge on any atom is 0.414 e. The number of nitrogens with zero attached hydrogens (tertiary/aromatic N) is 1. The smallest absolute Gasteiger partial charge is 0.414 e. The predicted octanol–water partition coefficient (Wildman–Crippen LogP) is 2.74. The summed E-state index contributed by atoms with van der Waals surface area (Å²) in [5, 5.41) is 29.4. The molecule has 0 amide bonds. The first-order chi connectivity index (χ1) is 12.3. The number of carboxylic acid groups (broad SMARTS) is 2. The zero-order valence-corrected chi connectivity index (χ0v) is 14.3. The molecule has 0 aliphatic carbocycles. The first-order valence-corrected chi connectivity index (χ1v) is 7.82. The lowest BCUT2D eigenvalue weighted by molar-refractivity contribution is -0.384. The van der Waals surface area contributed by atoms with Crippen LogP contribution < -0.4 is 5.32 Å². The largest absolute Gasteiger partial charge is 0.473 e. The molecule has 0 aliphatic heterocycles. The lowest BCUT2D eigenvalue weighted by Crippen LogP contribution is -2.16. The van der Waals surface area contributed by atoms with Crippen LogP contribution in [-0.2, 0) is 22.6 Å². The fourth-order valence-electron chi connectivity index (χ4n) is 1.85. The number of aliphatic carboxylic acids is 2. The minimum Gasteiger partial charge on any atom is -0.473 e. The number of nitro groups is 1. The van der Waals surface area contributed by atoms with Crippen molar-refractivity contribution in [1.82, 2.24) is 5.32 Å². The van der Waals surface area contributed by atoms with Gasteiger partial charge in [0.1, 0.15) is 0 Å². The van der Waals surface area contributed by atoms with Crippen molar-refractivity contribution in [3.05, 3.63) is 74.8 Å². The number of nitro benzene ring substituents is 1. The first kappa shape index (κ1) is 21.1. The molecular weight excluding hydrogens is 364 g/mol. The van der Waals surface area contributed by atoms with Crippen molar-refractivity contribution >= 4 is 29.2 Å². The van der Waals surface area contributed by atoms with Crippen LogP contribution in [0.4, 0.5) is 5.69 Å². The molecule has 2 aromatic rings. The molecule has 0 fully saturated rings. The second kappa shape index (κ2) is 10.8. The summed E-state index contributed by atoms with van der Waals surface area (Å²) in [7, 11) is 0. The molecule has 0 radical (unpaired) electrons. The van der Waals surface area contributed by atoms with Crippen LogP contribution in [0.25, 0.3) is 0 Å².